The number of aromatic hydroxyl groups is 1. The van der Waals surface area contributed by atoms with E-state index in [4.69, 9.17) is 5.11 Å². The number of hydrogen-bond acceptors (Lipinski definition) is 3. The highest BCUT2D eigenvalue weighted by molar-refractivity contribution is 5.96. The van der Waals surface area contributed by atoms with Crippen LogP contribution in [-0.2, 0) is 4.79 Å². The quantitative estimate of drug-likeness (QED) is 0.785. The molecule has 0 unspecified atom stereocenters. The molecule has 0 atom stereocenters. The van der Waals surface area contributed by atoms with Gasteiger partial charge in [0, 0.05) is 6.54 Å². The lowest BCUT2D eigenvalue weighted by atomic mass is 9.82. The monoisotopic (exact) mass is 277 g/mol. The highest BCUT2D eigenvalue weighted by Crippen LogP contribution is 2.28. The number of para-hydroxylation sites is 1. The van der Waals surface area contributed by atoms with Gasteiger partial charge in [-0.1, -0.05) is 12.1 Å². The Morgan fingerprint density at radius 2 is 1.80 bits per heavy atom. The second-order valence-corrected chi connectivity index (χ2v) is 5.28. The highest BCUT2D eigenvalue weighted by Gasteiger charge is 2.26. The Morgan fingerprint density at radius 1 is 1.15 bits per heavy atom. The molecule has 5 heteroatoms. The van der Waals surface area contributed by atoms with Crippen molar-refractivity contribution in [2.75, 3.05) is 6.54 Å². The zero-order valence-electron chi connectivity index (χ0n) is 11.2. The van der Waals surface area contributed by atoms with Crippen LogP contribution in [-0.4, -0.2) is 28.6 Å². The van der Waals surface area contributed by atoms with Crippen molar-refractivity contribution in [2.24, 2.45) is 11.8 Å². The van der Waals surface area contributed by atoms with Gasteiger partial charge in [0.25, 0.3) is 5.91 Å². The minimum atomic E-state index is -0.721. The van der Waals surface area contributed by atoms with Gasteiger partial charge in [0.05, 0.1) is 11.5 Å². The van der Waals surface area contributed by atoms with Crippen molar-refractivity contribution < 1.29 is 19.8 Å². The van der Waals surface area contributed by atoms with Crippen molar-refractivity contribution in [3.63, 3.8) is 0 Å². The third-order valence-electron chi connectivity index (χ3n) is 3.90. The zero-order chi connectivity index (χ0) is 14.5. The Labute approximate surface area is 117 Å². The number of carbonyl (C=O) groups excluding carboxylic acids is 1. The maximum Gasteiger partial charge on any atom is 0.306 e. The molecule has 0 aliphatic heterocycles. The highest BCUT2D eigenvalue weighted by atomic mass is 16.4. The van der Waals surface area contributed by atoms with Crippen molar-refractivity contribution in [3.05, 3.63) is 29.8 Å². The average molecular weight is 277 g/mol. The molecule has 2 rings (SSSR count). The van der Waals surface area contributed by atoms with Crippen molar-refractivity contribution in [2.45, 2.75) is 25.7 Å². The summed E-state index contributed by atoms with van der Waals surface area (Å²) < 4.78 is 0. The minimum absolute atomic E-state index is 0.0282. The van der Waals surface area contributed by atoms with Gasteiger partial charge in [-0.05, 0) is 43.7 Å². The number of aliphatic carboxylic acids is 1. The van der Waals surface area contributed by atoms with Crippen LogP contribution < -0.4 is 5.32 Å². The first-order valence-corrected chi connectivity index (χ1v) is 6.87. The number of phenolic OH excluding ortho intramolecular Hbond substituents is 1. The Bertz CT molecular complexity index is 492. The zero-order valence-corrected chi connectivity index (χ0v) is 11.2. The summed E-state index contributed by atoms with van der Waals surface area (Å²) in [7, 11) is 0. The number of carbonyl (C=O) groups is 2. The number of amides is 1. The molecule has 1 fully saturated rings. The van der Waals surface area contributed by atoms with Gasteiger partial charge < -0.3 is 15.5 Å². The predicted octanol–water partition coefficient (Wildman–Crippen LogP) is 2.01. The maximum atomic E-state index is 11.9. The Hall–Kier alpha value is -2.04. The number of phenols is 1. The van der Waals surface area contributed by atoms with Crippen LogP contribution in [0, 0.1) is 11.8 Å². The van der Waals surface area contributed by atoms with E-state index in [-0.39, 0.29) is 23.1 Å². The van der Waals surface area contributed by atoms with Crippen molar-refractivity contribution in [1.82, 2.24) is 5.32 Å². The van der Waals surface area contributed by atoms with E-state index in [1.807, 2.05) is 0 Å². The van der Waals surface area contributed by atoms with E-state index < -0.39 is 5.97 Å². The first-order valence-electron chi connectivity index (χ1n) is 6.87. The standard InChI is InChI=1S/C15H19NO4/c17-13-4-2-1-3-12(13)14(18)16-9-10-5-7-11(8-6-10)15(19)20/h1-4,10-11,17H,5-9H2,(H,16,18)(H,19,20)/t10-,11-. The molecule has 1 saturated carbocycles. The first-order chi connectivity index (χ1) is 9.58. The topological polar surface area (TPSA) is 86.6 Å². The summed E-state index contributed by atoms with van der Waals surface area (Å²) in [6, 6.07) is 6.42. The van der Waals surface area contributed by atoms with Crippen molar-refractivity contribution >= 4 is 11.9 Å². The van der Waals surface area contributed by atoms with E-state index in [2.05, 4.69) is 5.32 Å². The van der Waals surface area contributed by atoms with Gasteiger partial charge in [-0.25, -0.2) is 0 Å². The first kappa shape index (κ1) is 14.4. The van der Waals surface area contributed by atoms with Gasteiger partial charge >= 0.3 is 5.97 Å². The summed E-state index contributed by atoms with van der Waals surface area (Å²) in [6.07, 6.45) is 2.98. The van der Waals surface area contributed by atoms with E-state index in [1.165, 1.54) is 6.07 Å². The summed E-state index contributed by atoms with van der Waals surface area (Å²) in [5, 5.41) is 21.3. The molecule has 0 spiro atoms. The van der Waals surface area contributed by atoms with Gasteiger partial charge in [-0.3, -0.25) is 9.59 Å². The number of carboxylic acid groups (broad SMARTS) is 1. The SMILES string of the molecule is O=C(NC[C@H]1CC[C@H](C(=O)O)CC1)c1ccccc1O. The number of nitrogens with one attached hydrogen (secondary N) is 1. The minimum Gasteiger partial charge on any atom is -0.507 e. The molecule has 0 bridgehead atoms. The van der Waals surface area contributed by atoms with Gasteiger partial charge in [0.2, 0.25) is 0 Å². The molecule has 0 aromatic heterocycles. The van der Waals surface area contributed by atoms with E-state index >= 15 is 0 Å². The molecule has 1 aliphatic carbocycles. The van der Waals surface area contributed by atoms with Crippen LogP contribution in [0.1, 0.15) is 36.0 Å². The fraction of sp³-hybridized carbons (Fsp3) is 0.467. The lowest BCUT2D eigenvalue weighted by molar-refractivity contribution is -0.143. The summed E-state index contributed by atoms with van der Waals surface area (Å²) in [6.45, 7) is 0.527. The number of rotatable bonds is 4. The molecule has 1 aromatic rings. The van der Waals surface area contributed by atoms with Crippen LogP contribution in [0.4, 0.5) is 0 Å². The summed E-state index contributed by atoms with van der Waals surface area (Å²) in [5.41, 5.74) is 0.270. The number of carboxylic acids is 1. The molecule has 108 valence electrons. The second kappa shape index (κ2) is 6.41. The summed E-state index contributed by atoms with van der Waals surface area (Å²) >= 11 is 0. The van der Waals surface area contributed by atoms with Crippen molar-refractivity contribution in [1.29, 1.82) is 0 Å². The number of benzene rings is 1. The van der Waals surface area contributed by atoms with E-state index in [1.54, 1.807) is 18.2 Å². The predicted molar refractivity (Wildman–Crippen MR) is 73.5 cm³/mol. The van der Waals surface area contributed by atoms with Crippen molar-refractivity contribution in [3.8, 4) is 5.75 Å². The normalized spacial score (nSPS) is 22.2. The summed E-state index contributed by atoms with van der Waals surface area (Å²) in [4.78, 5) is 22.8. The molecule has 0 saturated heterocycles. The van der Waals surface area contributed by atoms with E-state index in [0.717, 1.165) is 12.8 Å². The van der Waals surface area contributed by atoms with Crippen LogP contribution >= 0.6 is 0 Å². The molecule has 1 aromatic carbocycles. The Kier molecular flexibility index (Phi) is 4.61. The molecule has 0 radical (unpaired) electrons. The number of hydrogen-bond donors (Lipinski definition) is 3. The Morgan fingerprint density at radius 3 is 2.40 bits per heavy atom. The van der Waals surface area contributed by atoms with Crippen LogP contribution in [0.3, 0.4) is 0 Å². The lowest BCUT2D eigenvalue weighted by Crippen LogP contribution is -2.32. The van der Waals surface area contributed by atoms with Gasteiger partial charge in [0.15, 0.2) is 0 Å². The lowest BCUT2D eigenvalue weighted by Gasteiger charge is -2.26. The molecule has 20 heavy (non-hydrogen) atoms. The largest absolute Gasteiger partial charge is 0.507 e. The maximum absolute atomic E-state index is 11.9. The van der Waals surface area contributed by atoms with Gasteiger partial charge in [0.1, 0.15) is 5.75 Å². The molecule has 3 N–H and O–H groups in total. The van der Waals surface area contributed by atoms with Crippen LogP contribution in [0.5, 0.6) is 5.75 Å². The smallest absolute Gasteiger partial charge is 0.306 e. The van der Waals surface area contributed by atoms with E-state index in [9.17, 15) is 14.7 Å². The molecule has 1 amide bonds. The molecule has 5 nitrogen and oxygen atoms in total. The fourth-order valence-electron chi connectivity index (χ4n) is 2.61. The molecule has 0 heterocycles. The van der Waals surface area contributed by atoms with Crippen LogP contribution in [0.2, 0.25) is 0 Å². The molecular formula is C15H19NO4. The van der Waals surface area contributed by atoms with Gasteiger partial charge in [-0.15, -0.1) is 0 Å². The third-order valence-corrected chi connectivity index (χ3v) is 3.90. The third kappa shape index (κ3) is 3.50. The molecule has 1 aliphatic rings. The van der Waals surface area contributed by atoms with Crippen LogP contribution in [0.15, 0.2) is 24.3 Å². The summed E-state index contributed by atoms with van der Waals surface area (Å²) in [5.74, 6) is -0.953. The second-order valence-electron chi connectivity index (χ2n) is 5.28. The molecular weight excluding hydrogens is 258 g/mol. The van der Waals surface area contributed by atoms with E-state index in [0.29, 0.717) is 25.3 Å². The van der Waals surface area contributed by atoms with Gasteiger partial charge in [-0.2, -0.15) is 0 Å². The Balaban J connectivity index is 1.80. The van der Waals surface area contributed by atoms with Crippen LogP contribution in [0.25, 0.3) is 0 Å². The fourth-order valence-corrected chi connectivity index (χ4v) is 2.61. The average Bonchev–Trinajstić information content (AvgIpc) is 2.45.